The molecule has 0 bridgehead atoms. The van der Waals surface area contributed by atoms with Gasteiger partial charge < -0.3 is 15.2 Å². The maximum absolute atomic E-state index is 11.9. The van der Waals surface area contributed by atoms with Gasteiger partial charge in [0.1, 0.15) is 0 Å². The van der Waals surface area contributed by atoms with Crippen molar-refractivity contribution >= 4 is 11.9 Å². The van der Waals surface area contributed by atoms with E-state index in [1.165, 1.54) is 25.0 Å². The third kappa shape index (κ3) is 4.35. The first kappa shape index (κ1) is 14.5. The van der Waals surface area contributed by atoms with Gasteiger partial charge in [-0.2, -0.15) is 0 Å². The minimum Gasteiger partial charge on any atom is -0.478 e. The summed E-state index contributed by atoms with van der Waals surface area (Å²) in [5, 5.41) is 11.7. The molecule has 0 aromatic heterocycles. The van der Waals surface area contributed by atoms with Crippen LogP contribution in [0.15, 0.2) is 18.2 Å². The van der Waals surface area contributed by atoms with Crippen molar-refractivity contribution in [2.24, 2.45) is 5.92 Å². The van der Waals surface area contributed by atoms with Crippen molar-refractivity contribution in [1.82, 2.24) is 5.32 Å². The second-order valence-corrected chi connectivity index (χ2v) is 5.17. The van der Waals surface area contributed by atoms with Gasteiger partial charge in [-0.15, -0.1) is 0 Å². The summed E-state index contributed by atoms with van der Waals surface area (Å²) in [4.78, 5) is 22.9. The Bertz CT molecular complexity index is 509. The predicted octanol–water partition coefficient (Wildman–Crippen LogP) is 1.85. The number of carboxylic acids is 1. The van der Waals surface area contributed by atoms with E-state index in [0.29, 0.717) is 24.6 Å². The van der Waals surface area contributed by atoms with Gasteiger partial charge in [0.2, 0.25) is 0 Å². The van der Waals surface area contributed by atoms with Crippen LogP contribution in [0.25, 0.3) is 0 Å². The molecule has 1 fully saturated rings. The normalized spacial score (nSPS) is 14.1. The lowest BCUT2D eigenvalue weighted by molar-refractivity contribution is 0.0696. The Morgan fingerprint density at radius 3 is 2.65 bits per heavy atom. The lowest BCUT2D eigenvalue weighted by atomic mass is 10.1. The van der Waals surface area contributed by atoms with Crippen molar-refractivity contribution in [3.8, 4) is 0 Å². The number of hydrogen-bond donors (Lipinski definition) is 2. The molecule has 20 heavy (non-hydrogen) atoms. The molecule has 0 aliphatic heterocycles. The fourth-order valence-corrected chi connectivity index (χ4v) is 1.91. The Kier molecular flexibility index (Phi) is 4.74. The molecule has 2 N–H and O–H groups in total. The Labute approximate surface area is 117 Å². The number of benzene rings is 1. The topological polar surface area (TPSA) is 75.6 Å². The van der Waals surface area contributed by atoms with E-state index in [2.05, 4.69) is 5.32 Å². The van der Waals surface area contributed by atoms with Gasteiger partial charge >= 0.3 is 5.97 Å². The highest BCUT2D eigenvalue weighted by Crippen LogP contribution is 2.28. The van der Waals surface area contributed by atoms with Crippen LogP contribution in [0.4, 0.5) is 0 Å². The number of ether oxygens (including phenoxy) is 1. The molecule has 0 spiro atoms. The van der Waals surface area contributed by atoms with Crippen molar-refractivity contribution in [1.29, 1.82) is 0 Å². The zero-order valence-electron chi connectivity index (χ0n) is 11.5. The summed E-state index contributed by atoms with van der Waals surface area (Å²) < 4.78 is 5.42. The van der Waals surface area contributed by atoms with Crippen LogP contribution in [0.3, 0.4) is 0 Å². The van der Waals surface area contributed by atoms with Crippen molar-refractivity contribution in [3.63, 3.8) is 0 Å². The Balaban J connectivity index is 1.82. The zero-order valence-corrected chi connectivity index (χ0v) is 11.5. The maximum Gasteiger partial charge on any atom is 0.335 e. The number of nitrogens with one attached hydrogen (secondary N) is 1. The second kappa shape index (κ2) is 6.52. The van der Waals surface area contributed by atoms with Crippen LogP contribution in [0.1, 0.15) is 39.1 Å². The van der Waals surface area contributed by atoms with E-state index in [-0.39, 0.29) is 11.5 Å². The molecular weight excluding hydrogens is 258 g/mol. The summed E-state index contributed by atoms with van der Waals surface area (Å²) in [5.41, 5.74) is 1.24. The molecule has 2 rings (SSSR count). The largest absolute Gasteiger partial charge is 0.478 e. The quantitative estimate of drug-likeness (QED) is 0.746. The highest BCUT2D eigenvalue weighted by Gasteiger charge is 2.20. The molecule has 1 aromatic carbocycles. The van der Waals surface area contributed by atoms with Gasteiger partial charge in [-0.25, -0.2) is 4.79 Å². The molecule has 1 aliphatic rings. The molecule has 1 aliphatic carbocycles. The number of aryl methyl sites for hydroxylation is 1. The molecule has 1 aromatic rings. The van der Waals surface area contributed by atoms with Crippen LogP contribution in [0.2, 0.25) is 0 Å². The van der Waals surface area contributed by atoms with Crippen LogP contribution in [0, 0.1) is 12.8 Å². The average Bonchev–Trinajstić information content (AvgIpc) is 3.21. The van der Waals surface area contributed by atoms with Crippen LogP contribution in [0.5, 0.6) is 0 Å². The molecule has 1 saturated carbocycles. The highest BCUT2D eigenvalue weighted by molar-refractivity contribution is 5.97. The van der Waals surface area contributed by atoms with E-state index >= 15 is 0 Å². The van der Waals surface area contributed by atoms with Gasteiger partial charge in [-0.05, 0) is 49.4 Å². The van der Waals surface area contributed by atoms with E-state index in [1.807, 2.05) is 0 Å². The Morgan fingerprint density at radius 2 is 2.00 bits per heavy atom. The molecule has 0 heterocycles. The fourth-order valence-electron chi connectivity index (χ4n) is 1.91. The first-order valence-corrected chi connectivity index (χ1v) is 6.77. The molecule has 1 amide bonds. The monoisotopic (exact) mass is 277 g/mol. The summed E-state index contributed by atoms with van der Waals surface area (Å²) in [6.07, 6.45) is 2.49. The molecule has 0 saturated heterocycles. The van der Waals surface area contributed by atoms with E-state index in [0.717, 1.165) is 12.2 Å². The lowest BCUT2D eigenvalue weighted by Gasteiger charge is -2.07. The third-order valence-corrected chi connectivity index (χ3v) is 3.17. The third-order valence-electron chi connectivity index (χ3n) is 3.17. The van der Waals surface area contributed by atoms with Crippen LogP contribution >= 0.6 is 0 Å². The standard InChI is InChI=1S/C15H19NO4/c1-10-6-12(8-13(7-10)15(18)19)14(17)16-4-5-20-9-11-2-3-11/h6-8,11H,2-5,9H2,1H3,(H,16,17)(H,18,19). The maximum atomic E-state index is 11.9. The van der Waals surface area contributed by atoms with Crippen LogP contribution in [-0.2, 0) is 4.74 Å². The van der Waals surface area contributed by atoms with Gasteiger partial charge in [0.25, 0.3) is 5.91 Å². The van der Waals surface area contributed by atoms with E-state index in [4.69, 9.17) is 9.84 Å². The number of amides is 1. The van der Waals surface area contributed by atoms with E-state index in [1.54, 1.807) is 13.0 Å². The number of carboxylic acid groups (broad SMARTS) is 1. The number of hydrogen-bond acceptors (Lipinski definition) is 3. The zero-order chi connectivity index (χ0) is 14.5. The van der Waals surface area contributed by atoms with Crippen molar-refractivity contribution in [2.45, 2.75) is 19.8 Å². The van der Waals surface area contributed by atoms with Crippen molar-refractivity contribution in [3.05, 3.63) is 34.9 Å². The SMILES string of the molecule is Cc1cc(C(=O)O)cc(C(=O)NCCOCC2CC2)c1. The van der Waals surface area contributed by atoms with E-state index < -0.39 is 5.97 Å². The lowest BCUT2D eigenvalue weighted by Crippen LogP contribution is -2.27. The van der Waals surface area contributed by atoms with Gasteiger partial charge in [0.15, 0.2) is 0 Å². The summed E-state index contributed by atoms with van der Waals surface area (Å²) in [5.74, 6) is -0.595. The summed E-state index contributed by atoms with van der Waals surface area (Å²) >= 11 is 0. The van der Waals surface area contributed by atoms with Crippen molar-refractivity contribution < 1.29 is 19.4 Å². The minimum atomic E-state index is -1.03. The van der Waals surface area contributed by atoms with Gasteiger partial charge in [-0.1, -0.05) is 0 Å². The van der Waals surface area contributed by atoms with Crippen molar-refractivity contribution in [2.75, 3.05) is 19.8 Å². The van der Waals surface area contributed by atoms with Gasteiger partial charge in [0.05, 0.1) is 12.2 Å². The predicted molar refractivity (Wildman–Crippen MR) is 74.0 cm³/mol. The molecule has 0 unspecified atom stereocenters. The number of rotatable bonds is 7. The molecule has 0 radical (unpaired) electrons. The first-order valence-electron chi connectivity index (χ1n) is 6.77. The molecular formula is C15H19NO4. The van der Waals surface area contributed by atoms with Gasteiger partial charge in [-0.3, -0.25) is 4.79 Å². The van der Waals surface area contributed by atoms with Crippen LogP contribution < -0.4 is 5.32 Å². The number of aromatic carboxylic acids is 1. The number of carbonyl (C=O) groups excluding carboxylic acids is 1. The molecule has 108 valence electrons. The Hall–Kier alpha value is -1.88. The average molecular weight is 277 g/mol. The molecule has 5 nitrogen and oxygen atoms in total. The summed E-state index contributed by atoms with van der Waals surface area (Å²) in [7, 11) is 0. The van der Waals surface area contributed by atoms with E-state index in [9.17, 15) is 9.59 Å². The van der Waals surface area contributed by atoms with Crippen LogP contribution in [-0.4, -0.2) is 36.7 Å². The fraction of sp³-hybridized carbons (Fsp3) is 0.467. The Morgan fingerprint density at radius 1 is 1.30 bits per heavy atom. The molecule has 0 atom stereocenters. The molecule has 5 heteroatoms. The number of carbonyl (C=O) groups is 2. The summed E-state index contributed by atoms with van der Waals surface area (Å²) in [6, 6.07) is 4.60. The minimum absolute atomic E-state index is 0.125. The second-order valence-electron chi connectivity index (χ2n) is 5.17. The first-order chi connectivity index (χ1) is 9.56. The smallest absolute Gasteiger partial charge is 0.335 e. The van der Waals surface area contributed by atoms with Gasteiger partial charge in [0, 0.05) is 18.7 Å². The summed E-state index contributed by atoms with van der Waals surface area (Å²) in [6.45, 7) is 3.45. The highest BCUT2D eigenvalue weighted by atomic mass is 16.5.